The van der Waals surface area contributed by atoms with Crippen molar-refractivity contribution >= 4 is 17.4 Å². The van der Waals surface area contributed by atoms with Crippen molar-refractivity contribution in [1.82, 2.24) is 4.98 Å². The molecule has 0 saturated carbocycles. The second-order valence-corrected chi connectivity index (χ2v) is 4.52. The van der Waals surface area contributed by atoms with Crippen LogP contribution in [0.4, 0.5) is 11.5 Å². The number of carbonyl (C=O) groups is 1. The molecule has 0 bridgehead atoms. The Bertz CT molecular complexity index is 607. The minimum absolute atomic E-state index is 0.0140. The molecule has 1 aromatic carbocycles. The molecule has 0 aliphatic carbocycles. The standard InChI is InChI=1S/C15H15N3O/c1-16-14-7-6-12(10-17-14)15(19)18-9-8-11-4-2-3-5-13(11)18/h2-7,10H,8-9H2,1H3,(H,16,17). The van der Waals surface area contributed by atoms with Crippen molar-refractivity contribution in [2.75, 3.05) is 23.8 Å². The first-order valence-electron chi connectivity index (χ1n) is 6.33. The number of rotatable bonds is 2. The largest absolute Gasteiger partial charge is 0.373 e. The maximum absolute atomic E-state index is 12.5. The van der Waals surface area contributed by atoms with Crippen molar-refractivity contribution in [2.45, 2.75) is 6.42 Å². The average Bonchev–Trinajstić information content (AvgIpc) is 2.90. The first-order chi connectivity index (χ1) is 9.29. The molecule has 1 aromatic heterocycles. The van der Waals surface area contributed by atoms with Gasteiger partial charge in [0, 0.05) is 25.5 Å². The maximum Gasteiger partial charge on any atom is 0.259 e. The van der Waals surface area contributed by atoms with E-state index >= 15 is 0 Å². The summed E-state index contributed by atoms with van der Waals surface area (Å²) in [5.74, 6) is 0.776. The Kier molecular flexibility index (Phi) is 2.91. The second kappa shape index (κ2) is 4.72. The minimum atomic E-state index is 0.0140. The van der Waals surface area contributed by atoms with Crippen LogP contribution in [0.1, 0.15) is 15.9 Å². The van der Waals surface area contributed by atoms with Crippen LogP contribution < -0.4 is 10.2 Å². The zero-order chi connectivity index (χ0) is 13.2. The number of fused-ring (bicyclic) bond motifs is 1. The number of aromatic nitrogens is 1. The summed E-state index contributed by atoms with van der Waals surface area (Å²) in [6, 6.07) is 11.7. The molecule has 1 amide bonds. The Balaban J connectivity index is 1.89. The van der Waals surface area contributed by atoms with E-state index in [9.17, 15) is 4.79 Å². The monoisotopic (exact) mass is 253 g/mol. The number of benzene rings is 1. The van der Waals surface area contributed by atoms with E-state index in [-0.39, 0.29) is 5.91 Å². The Morgan fingerprint density at radius 1 is 1.26 bits per heavy atom. The van der Waals surface area contributed by atoms with Crippen LogP contribution in [0.15, 0.2) is 42.6 Å². The average molecular weight is 253 g/mol. The number of carbonyl (C=O) groups excluding carboxylic acids is 1. The van der Waals surface area contributed by atoms with Gasteiger partial charge in [0.1, 0.15) is 5.82 Å². The molecule has 0 atom stereocenters. The van der Waals surface area contributed by atoms with Gasteiger partial charge in [-0.3, -0.25) is 4.79 Å². The molecule has 0 saturated heterocycles. The lowest BCUT2D eigenvalue weighted by Gasteiger charge is -2.17. The maximum atomic E-state index is 12.5. The number of nitrogens with zero attached hydrogens (tertiary/aromatic N) is 2. The summed E-state index contributed by atoms with van der Waals surface area (Å²) in [5.41, 5.74) is 2.87. The molecule has 2 aromatic rings. The fourth-order valence-corrected chi connectivity index (χ4v) is 2.37. The molecule has 0 fully saturated rings. The van der Waals surface area contributed by atoms with Crippen LogP contribution in [0.25, 0.3) is 0 Å². The van der Waals surface area contributed by atoms with Crippen molar-refractivity contribution in [1.29, 1.82) is 0 Å². The number of pyridine rings is 1. The van der Waals surface area contributed by atoms with Crippen LogP contribution in [0.3, 0.4) is 0 Å². The van der Waals surface area contributed by atoms with E-state index in [1.807, 2.05) is 35.2 Å². The Morgan fingerprint density at radius 3 is 2.84 bits per heavy atom. The zero-order valence-electron chi connectivity index (χ0n) is 10.8. The van der Waals surface area contributed by atoms with Crippen LogP contribution in [0, 0.1) is 0 Å². The van der Waals surface area contributed by atoms with Crippen LogP contribution in [0.5, 0.6) is 0 Å². The Hall–Kier alpha value is -2.36. The molecule has 96 valence electrons. The van der Waals surface area contributed by atoms with Gasteiger partial charge in [-0.1, -0.05) is 18.2 Å². The first-order valence-corrected chi connectivity index (χ1v) is 6.33. The lowest BCUT2D eigenvalue weighted by Crippen LogP contribution is -2.28. The van der Waals surface area contributed by atoms with E-state index in [0.717, 1.165) is 24.5 Å². The molecule has 3 rings (SSSR count). The van der Waals surface area contributed by atoms with Gasteiger partial charge in [0.25, 0.3) is 5.91 Å². The topological polar surface area (TPSA) is 45.2 Å². The molecule has 4 heteroatoms. The predicted molar refractivity (Wildman–Crippen MR) is 75.6 cm³/mol. The lowest BCUT2D eigenvalue weighted by molar-refractivity contribution is 0.0989. The number of nitrogens with one attached hydrogen (secondary N) is 1. The van der Waals surface area contributed by atoms with Gasteiger partial charge in [-0.05, 0) is 30.2 Å². The molecular formula is C15H15N3O. The third-order valence-electron chi connectivity index (χ3n) is 3.40. The Labute approximate surface area is 112 Å². The summed E-state index contributed by atoms with van der Waals surface area (Å²) in [7, 11) is 1.81. The molecule has 0 spiro atoms. The third kappa shape index (κ3) is 2.05. The van der Waals surface area contributed by atoms with Crippen molar-refractivity contribution in [3.8, 4) is 0 Å². The van der Waals surface area contributed by atoms with Crippen LogP contribution in [-0.4, -0.2) is 24.5 Å². The summed E-state index contributed by atoms with van der Waals surface area (Å²) in [6.45, 7) is 0.742. The second-order valence-electron chi connectivity index (χ2n) is 4.52. The van der Waals surface area contributed by atoms with Gasteiger partial charge < -0.3 is 10.2 Å². The smallest absolute Gasteiger partial charge is 0.259 e. The van der Waals surface area contributed by atoms with Crippen molar-refractivity contribution < 1.29 is 4.79 Å². The predicted octanol–water partition coefficient (Wildman–Crippen LogP) is 2.33. The third-order valence-corrected chi connectivity index (χ3v) is 3.40. The highest BCUT2D eigenvalue weighted by atomic mass is 16.2. The molecule has 1 N–H and O–H groups in total. The van der Waals surface area contributed by atoms with Crippen molar-refractivity contribution in [2.24, 2.45) is 0 Å². The first kappa shape index (κ1) is 11.7. The fraction of sp³-hybridized carbons (Fsp3) is 0.200. The van der Waals surface area contributed by atoms with Crippen LogP contribution in [0.2, 0.25) is 0 Å². The molecule has 1 aliphatic rings. The summed E-state index contributed by atoms with van der Waals surface area (Å²) in [6.07, 6.45) is 2.54. The Morgan fingerprint density at radius 2 is 2.11 bits per heavy atom. The van der Waals surface area contributed by atoms with Gasteiger partial charge in [-0.2, -0.15) is 0 Å². The normalized spacial score (nSPS) is 13.2. The van der Waals surface area contributed by atoms with Gasteiger partial charge in [-0.15, -0.1) is 0 Å². The lowest BCUT2D eigenvalue weighted by atomic mass is 10.2. The molecule has 0 radical (unpaired) electrons. The highest BCUT2D eigenvalue weighted by Crippen LogP contribution is 2.28. The van der Waals surface area contributed by atoms with Crippen molar-refractivity contribution in [3.05, 3.63) is 53.7 Å². The van der Waals surface area contributed by atoms with Gasteiger partial charge in [0.05, 0.1) is 5.56 Å². The quantitative estimate of drug-likeness (QED) is 0.893. The van der Waals surface area contributed by atoms with Crippen molar-refractivity contribution in [3.63, 3.8) is 0 Å². The number of para-hydroxylation sites is 1. The number of anilines is 2. The SMILES string of the molecule is CNc1ccc(C(=O)N2CCc3ccccc32)cn1. The summed E-state index contributed by atoms with van der Waals surface area (Å²) in [4.78, 5) is 18.5. The van der Waals surface area contributed by atoms with Gasteiger partial charge in [0.2, 0.25) is 0 Å². The molecule has 2 heterocycles. The van der Waals surface area contributed by atoms with Crippen LogP contribution in [-0.2, 0) is 6.42 Å². The van der Waals surface area contributed by atoms with E-state index in [4.69, 9.17) is 0 Å². The molecule has 1 aliphatic heterocycles. The highest BCUT2D eigenvalue weighted by molar-refractivity contribution is 6.07. The molecule has 19 heavy (non-hydrogen) atoms. The van der Waals surface area contributed by atoms with Crippen LogP contribution >= 0.6 is 0 Å². The van der Waals surface area contributed by atoms with E-state index < -0.39 is 0 Å². The molecule has 0 unspecified atom stereocenters. The molecular weight excluding hydrogens is 238 g/mol. The van der Waals surface area contributed by atoms with E-state index in [2.05, 4.69) is 16.4 Å². The van der Waals surface area contributed by atoms with Gasteiger partial charge in [0.15, 0.2) is 0 Å². The number of hydrogen-bond donors (Lipinski definition) is 1. The van der Waals surface area contributed by atoms with E-state index in [1.54, 1.807) is 13.2 Å². The highest BCUT2D eigenvalue weighted by Gasteiger charge is 2.25. The summed E-state index contributed by atoms with van der Waals surface area (Å²) >= 11 is 0. The van der Waals surface area contributed by atoms with E-state index in [0.29, 0.717) is 5.56 Å². The van der Waals surface area contributed by atoms with Gasteiger partial charge >= 0.3 is 0 Å². The van der Waals surface area contributed by atoms with E-state index in [1.165, 1.54) is 5.56 Å². The summed E-state index contributed by atoms with van der Waals surface area (Å²) < 4.78 is 0. The number of hydrogen-bond acceptors (Lipinski definition) is 3. The van der Waals surface area contributed by atoms with Gasteiger partial charge in [-0.25, -0.2) is 4.98 Å². The molecule has 4 nitrogen and oxygen atoms in total. The minimum Gasteiger partial charge on any atom is -0.373 e. The fourth-order valence-electron chi connectivity index (χ4n) is 2.37. The summed E-state index contributed by atoms with van der Waals surface area (Å²) in [5, 5.41) is 2.94. The number of amides is 1. The zero-order valence-corrected chi connectivity index (χ0v) is 10.8.